The van der Waals surface area contributed by atoms with Gasteiger partial charge in [0.05, 0.1) is 24.8 Å². The number of anilines is 2. The van der Waals surface area contributed by atoms with Gasteiger partial charge in [0, 0.05) is 17.1 Å². The molecule has 9 heteroatoms. The molecule has 1 aromatic heterocycles. The number of rotatable bonds is 6. The fraction of sp³-hybridized carbons (Fsp3) is 0.172. The van der Waals surface area contributed by atoms with E-state index in [2.05, 4.69) is 10.6 Å². The number of benzene rings is 2. The van der Waals surface area contributed by atoms with Crippen molar-refractivity contribution in [2.45, 2.75) is 27.3 Å². The van der Waals surface area contributed by atoms with Gasteiger partial charge in [-0.25, -0.2) is 4.79 Å². The van der Waals surface area contributed by atoms with Crippen LogP contribution in [0.3, 0.4) is 0 Å². The summed E-state index contributed by atoms with van der Waals surface area (Å²) in [4.78, 5) is 51.8. The molecule has 0 atom stereocenters. The summed E-state index contributed by atoms with van der Waals surface area (Å²) in [6.45, 7) is 5.46. The van der Waals surface area contributed by atoms with Crippen LogP contribution >= 0.6 is 0 Å². The molecule has 0 saturated heterocycles. The molecule has 2 heterocycles. The van der Waals surface area contributed by atoms with Crippen LogP contribution in [0.15, 0.2) is 81.9 Å². The van der Waals surface area contributed by atoms with Crippen LogP contribution in [-0.2, 0) is 30.5 Å². The molecule has 2 N–H and O–H groups in total. The number of ether oxygens (including phenoxy) is 1. The van der Waals surface area contributed by atoms with Gasteiger partial charge in [0.1, 0.15) is 11.5 Å². The maximum atomic E-state index is 13.4. The first kappa shape index (κ1) is 26.2. The fourth-order valence-corrected chi connectivity index (χ4v) is 4.04. The third-order valence-corrected chi connectivity index (χ3v) is 5.96. The molecule has 3 aromatic rings. The zero-order chi connectivity index (χ0) is 27.4. The molecule has 0 unspecified atom stereocenters. The van der Waals surface area contributed by atoms with E-state index in [1.54, 1.807) is 37.3 Å². The summed E-state index contributed by atoms with van der Waals surface area (Å²) in [6.07, 6.45) is 1.46. The number of methoxy groups -OCH3 is 1. The Morgan fingerprint density at radius 2 is 1.68 bits per heavy atom. The number of furan rings is 1. The molecule has 0 saturated carbocycles. The summed E-state index contributed by atoms with van der Waals surface area (Å²) in [5, 5.41) is 5.03. The Hall–Kier alpha value is -4.92. The van der Waals surface area contributed by atoms with Crippen molar-refractivity contribution >= 4 is 41.1 Å². The molecule has 194 valence electrons. The monoisotopic (exact) mass is 513 g/mol. The lowest BCUT2D eigenvalue weighted by Gasteiger charge is -2.18. The van der Waals surface area contributed by atoms with E-state index in [1.807, 2.05) is 44.2 Å². The number of carbonyl (C=O) groups excluding carboxylic acids is 4. The van der Waals surface area contributed by atoms with Crippen molar-refractivity contribution in [2.75, 3.05) is 17.3 Å². The van der Waals surface area contributed by atoms with Gasteiger partial charge in [0.15, 0.2) is 0 Å². The first-order valence-corrected chi connectivity index (χ1v) is 11.8. The van der Waals surface area contributed by atoms with Crippen LogP contribution in [0.1, 0.15) is 29.6 Å². The summed E-state index contributed by atoms with van der Waals surface area (Å²) in [7, 11) is 1.25. The number of esters is 1. The van der Waals surface area contributed by atoms with Crippen molar-refractivity contribution in [3.8, 4) is 0 Å². The highest BCUT2D eigenvalue weighted by molar-refractivity contribution is 6.39. The molecular weight excluding hydrogens is 486 g/mol. The predicted molar refractivity (Wildman–Crippen MR) is 142 cm³/mol. The van der Waals surface area contributed by atoms with E-state index in [0.717, 1.165) is 11.1 Å². The summed E-state index contributed by atoms with van der Waals surface area (Å²) >= 11 is 0. The second kappa shape index (κ2) is 11.0. The third-order valence-electron chi connectivity index (χ3n) is 5.96. The van der Waals surface area contributed by atoms with E-state index in [1.165, 1.54) is 18.1 Å². The van der Waals surface area contributed by atoms with Crippen LogP contribution in [0, 0.1) is 13.8 Å². The number of amides is 3. The van der Waals surface area contributed by atoms with Gasteiger partial charge in [0.25, 0.3) is 5.91 Å². The number of nitrogens with zero attached hydrogens (tertiary/aromatic N) is 1. The van der Waals surface area contributed by atoms with E-state index in [9.17, 15) is 19.2 Å². The van der Waals surface area contributed by atoms with Crippen LogP contribution < -0.4 is 15.5 Å². The van der Waals surface area contributed by atoms with Gasteiger partial charge in [-0.15, -0.1) is 0 Å². The van der Waals surface area contributed by atoms with Crippen LogP contribution in [0.2, 0.25) is 0 Å². The Morgan fingerprint density at radius 3 is 2.37 bits per heavy atom. The summed E-state index contributed by atoms with van der Waals surface area (Å²) in [6, 6.07) is 17.6. The Balaban J connectivity index is 1.49. The molecule has 1 aliphatic heterocycles. The highest BCUT2D eigenvalue weighted by Crippen LogP contribution is 2.35. The summed E-state index contributed by atoms with van der Waals surface area (Å²) < 4.78 is 10.7. The van der Waals surface area contributed by atoms with Gasteiger partial charge in [-0.2, -0.15) is 0 Å². The quantitative estimate of drug-likeness (QED) is 0.292. The molecule has 0 fully saturated rings. The SMILES string of the molecule is COC(=O)C1=C(C)N(c2cccc(C)c2)C(=O)/C1=C/c1ccc(CNC(=O)C(=O)Nc2ccc(C)cc2)o1. The molecule has 1 aliphatic rings. The number of hydrogen-bond donors (Lipinski definition) is 2. The second-order valence-electron chi connectivity index (χ2n) is 8.80. The molecule has 4 rings (SSSR count). The van der Waals surface area contributed by atoms with Crippen molar-refractivity contribution in [2.24, 2.45) is 0 Å². The van der Waals surface area contributed by atoms with E-state index < -0.39 is 23.7 Å². The minimum absolute atomic E-state index is 0.0502. The number of carbonyl (C=O) groups is 4. The van der Waals surface area contributed by atoms with Gasteiger partial charge in [0.2, 0.25) is 0 Å². The molecule has 0 radical (unpaired) electrons. The Bertz CT molecular complexity index is 1480. The van der Waals surface area contributed by atoms with Crippen LogP contribution in [0.4, 0.5) is 11.4 Å². The van der Waals surface area contributed by atoms with Gasteiger partial charge >= 0.3 is 17.8 Å². The van der Waals surface area contributed by atoms with Crippen molar-refractivity contribution in [3.05, 3.63) is 100 Å². The molecule has 0 aliphatic carbocycles. The number of allylic oxidation sites excluding steroid dienone is 1. The smallest absolute Gasteiger partial charge is 0.340 e. The second-order valence-corrected chi connectivity index (χ2v) is 8.80. The molecular formula is C29H27N3O6. The first-order chi connectivity index (χ1) is 18.2. The normalized spacial score (nSPS) is 14.2. The van der Waals surface area contributed by atoms with Gasteiger partial charge in [-0.05, 0) is 68.8 Å². The van der Waals surface area contributed by atoms with Crippen LogP contribution in [0.25, 0.3) is 6.08 Å². The predicted octanol–water partition coefficient (Wildman–Crippen LogP) is 4.03. The minimum Gasteiger partial charge on any atom is -0.465 e. The standard InChI is InChI=1S/C29H27N3O6/c1-17-8-10-20(11-9-17)31-27(34)26(33)30-16-23-13-12-22(38-23)15-24-25(29(36)37-4)19(3)32(28(24)35)21-7-5-6-18(2)14-21/h5-15H,16H2,1-4H3,(H,30,33)(H,31,34)/b24-15+. The van der Waals surface area contributed by atoms with E-state index >= 15 is 0 Å². The topological polar surface area (TPSA) is 118 Å². The lowest BCUT2D eigenvalue weighted by molar-refractivity contribution is -0.136. The number of aryl methyl sites for hydroxylation is 2. The Morgan fingerprint density at radius 1 is 0.947 bits per heavy atom. The summed E-state index contributed by atoms with van der Waals surface area (Å²) in [5.74, 6) is -2.02. The minimum atomic E-state index is -0.826. The third kappa shape index (κ3) is 5.57. The van der Waals surface area contributed by atoms with Crippen molar-refractivity contribution in [1.82, 2.24) is 5.32 Å². The van der Waals surface area contributed by atoms with E-state index in [0.29, 0.717) is 28.6 Å². The molecule has 9 nitrogen and oxygen atoms in total. The Labute approximate surface area is 219 Å². The molecule has 0 bridgehead atoms. The van der Waals surface area contributed by atoms with Gasteiger partial charge in [-0.1, -0.05) is 29.8 Å². The van der Waals surface area contributed by atoms with Crippen molar-refractivity contribution < 1.29 is 28.3 Å². The highest BCUT2D eigenvalue weighted by Gasteiger charge is 2.38. The zero-order valence-corrected chi connectivity index (χ0v) is 21.5. The lowest BCUT2D eigenvalue weighted by atomic mass is 10.1. The van der Waals surface area contributed by atoms with Gasteiger partial charge in [-0.3, -0.25) is 19.3 Å². The van der Waals surface area contributed by atoms with E-state index in [-0.39, 0.29) is 17.7 Å². The summed E-state index contributed by atoms with van der Waals surface area (Å²) in [5.41, 5.74) is 3.83. The van der Waals surface area contributed by atoms with Crippen LogP contribution in [0.5, 0.6) is 0 Å². The maximum Gasteiger partial charge on any atom is 0.340 e. The largest absolute Gasteiger partial charge is 0.465 e. The van der Waals surface area contributed by atoms with Crippen LogP contribution in [-0.4, -0.2) is 30.8 Å². The molecule has 3 amide bonds. The zero-order valence-electron chi connectivity index (χ0n) is 21.5. The van der Waals surface area contributed by atoms with Crippen molar-refractivity contribution in [1.29, 1.82) is 0 Å². The molecule has 0 spiro atoms. The lowest BCUT2D eigenvalue weighted by Crippen LogP contribution is -2.34. The average molecular weight is 514 g/mol. The highest BCUT2D eigenvalue weighted by atomic mass is 16.5. The number of hydrogen-bond acceptors (Lipinski definition) is 6. The number of nitrogens with one attached hydrogen (secondary N) is 2. The first-order valence-electron chi connectivity index (χ1n) is 11.8. The maximum absolute atomic E-state index is 13.4. The van der Waals surface area contributed by atoms with Crippen molar-refractivity contribution in [3.63, 3.8) is 0 Å². The van der Waals surface area contributed by atoms with E-state index in [4.69, 9.17) is 9.15 Å². The Kier molecular flexibility index (Phi) is 7.57. The molecule has 2 aromatic carbocycles. The molecule has 38 heavy (non-hydrogen) atoms. The fourth-order valence-electron chi connectivity index (χ4n) is 4.04. The average Bonchev–Trinajstić information content (AvgIpc) is 3.44. The van der Waals surface area contributed by atoms with Gasteiger partial charge < -0.3 is 19.8 Å².